The second kappa shape index (κ2) is 9.90. The zero-order valence-electron chi connectivity index (χ0n) is 24.5. The molecular formula is C32H43N6+. The van der Waals surface area contributed by atoms with Gasteiger partial charge in [0, 0.05) is 41.6 Å². The molecule has 2 aromatic carbocycles. The van der Waals surface area contributed by atoms with E-state index in [1.807, 2.05) is 13.8 Å². The Labute approximate surface area is 228 Å². The summed E-state index contributed by atoms with van der Waals surface area (Å²) in [5.74, 6) is 1.22. The number of allylic oxidation sites excluding steroid dienone is 4. The van der Waals surface area contributed by atoms with Crippen molar-refractivity contribution in [3.05, 3.63) is 82.1 Å². The van der Waals surface area contributed by atoms with Crippen LogP contribution in [-0.2, 0) is 23.9 Å². The van der Waals surface area contributed by atoms with Gasteiger partial charge in [0.25, 0.3) is 0 Å². The van der Waals surface area contributed by atoms with Gasteiger partial charge >= 0.3 is 0 Å². The van der Waals surface area contributed by atoms with Crippen LogP contribution in [0, 0.1) is 0 Å². The number of likely N-dealkylation sites (N-methyl/N-ethyl adjacent to an activating group) is 1. The van der Waals surface area contributed by atoms with Crippen molar-refractivity contribution in [2.75, 3.05) is 19.0 Å². The van der Waals surface area contributed by atoms with E-state index in [0.29, 0.717) is 24.8 Å². The third-order valence-corrected chi connectivity index (χ3v) is 7.95. The minimum Gasteiger partial charge on any atom is -0.388 e. The van der Waals surface area contributed by atoms with E-state index in [1.54, 1.807) is 0 Å². The van der Waals surface area contributed by atoms with E-state index in [1.165, 1.54) is 50.6 Å². The molecule has 200 valence electrons. The zero-order chi connectivity index (χ0) is 28.0. The van der Waals surface area contributed by atoms with E-state index >= 15 is 0 Å². The second-order valence-corrected chi connectivity index (χ2v) is 11.8. The van der Waals surface area contributed by atoms with Crippen LogP contribution in [0.5, 0.6) is 0 Å². The molecule has 4 N–H and O–H groups in total. The quantitative estimate of drug-likeness (QED) is 0.296. The molecule has 0 spiro atoms. The highest BCUT2D eigenvalue weighted by molar-refractivity contribution is 6.03. The molecule has 2 aliphatic heterocycles. The standard InChI is InChI=1S/C32H43N6/c1-20(14-29-31(4,5)25-16-23(18-35-21(2)33)10-12-27(25)37(29)8)15-30-32(6,7)26-17-24(19-36-22(3)34)11-13-28(26)38(30)9/h10-17H,18-19H2,1-9H3,(H2,33,35)(H2,34,36)/q+1. The Morgan fingerprint density at radius 1 is 0.868 bits per heavy atom. The van der Waals surface area contributed by atoms with Crippen molar-refractivity contribution in [3.63, 3.8) is 0 Å². The van der Waals surface area contributed by atoms with Gasteiger partial charge in [-0.3, -0.25) is 9.98 Å². The van der Waals surface area contributed by atoms with Gasteiger partial charge in [-0.25, -0.2) is 0 Å². The Morgan fingerprint density at radius 2 is 1.42 bits per heavy atom. The monoisotopic (exact) mass is 511 g/mol. The van der Waals surface area contributed by atoms with Crippen molar-refractivity contribution in [1.29, 1.82) is 0 Å². The number of nitrogens with two attached hydrogens (primary N) is 2. The van der Waals surface area contributed by atoms with Crippen molar-refractivity contribution in [2.24, 2.45) is 21.5 Å². The smallest absolute Gasteiger partial charge is 0.209 e. The summed E-state index contributed by atoms with van der Waals surface area (Å²) in [7, 11) is 4.33. The zero-order valence-corrected chi connectivity index (χ0v) is 24.5. The summed E-state index contributed by atoms with van der Waals surface area (Å²) < 4.78 is 2.32. The minimum absolute atomic E-state index is 0.127. The first kappa shape index (κ1) is 27.4. The molecule has 6 nitrogen and oxygen atoms in total. The highest BCUT2D eigenvalue weighted by atomic mass is 15.2. The lowest BCUT2D eigenvalue weighted by molar-refractivity contribution is -0.401. The van der Waals surface area contributed by atoms with Crippen LogP contribution < -0.4 is 16.4 Å². The minimum atomic E-state index is -0.127. The lowest BCUT2D eigenvalue weighted by atomic mass is 9.80. The Kier molecular flexibility index (Phi) is 7.13. The SMILES string of the molecule is CC(N)=NCc1ccc2c(c1)C(C)(C)C(/C=C(C)/C=C1\N(C)c3ccc(CN=C(C)N)cc3C1(C)C)=[N+]2C. The molecule has 0 saturated heterocycles. The van der Waals surface area contributed by atoms with Crippen LogP contribution in [0.25, 0.3) is 0 Å². The number of anilines is 1. The molecule has 0 aromatic heterocycles. The maximum Gasteiger partial charge on any atom is 0.209 e. The van der Waals surface area contributed by atoms with Crippen molar-refractivity contribution < 1.29 is 4.58 Å². The van der Waals surface area contributed by atoms with E-state index in [0.717, 1.165) is 0 Å². The van der Waals surface area contributed by atoms with Gasteiger partial charge in [0.05, 0.1) is 30.2 Å². The number of rotatable bonds is 6. The highest BCUT2D eigenvalue weighted by Gasteiger charge is 2.43. The first-order valence-electron chi connectivity index (χ1n) is 13.3. The van der Waals surface area contributed by atoms with Gasteiger partial charge in [-0.2, -0.15) is 4.58 Å². The third kappa shape index (κ3) is 4.92. The molecule has 0 unspecified atom stereocenters. The van der Waals surface area contributed by atoms with Crippen molar-refractivity contribution in [1.82, 2.24) is 0 Å². The number of fused-ring (bicyclic) bond motifs is 2. The summed E-state index contributed by atoms with van der Waals surface area (Å²) >= 11 is 0. The van der Waals surface area contributed by atoms with Gasteiger partial charge in [-0.15, -0.1) is 0 Å². The van der Waals surface area contributed by atoms with E-state index in [-0.39, 0.29) is 10.8 Å². The number of hydrogen-bond acceptors (Lipinski definition) is 3. The predicted molar refractivity (Wildman–Crippen MR) is 162 cm³/mol. The summed E-state index contributed by atoms with van der Waals surface area (Å²) in [4.78, 5) is 11.1. The van der Waals surface area contributed by atoms with Crippen molar-refractivity contribution in [3.8, 4) is 0 Å². The largest absolute Gasteiger partial charge is 0.388 e. The Bertz CT molecular complexity index is 1420. The highest BCUT2D eigenvalue weighted by Crippen LogP contribution is 2.48. The molecule has 6 heteroatoms. The maximum atomic E-state index is 5.77. The summed E-state index contributed by atoms with van der Waals surface area (Å²) in [6, 6.07) is 13.3. The molecular weight excluding hydrogens is 468 g/mol. The van der Waals surface area contributed by atoms with Gasteiger partial charge in [-0.05, 0) is 75.1 Å². The van der Waals surface area contributed by atoms with E-state index in [4.69, 9.17) is 11.5 Å². The maximum absolute atomic E-state index is 5.77. The Morgan fingerprint density at radius 3 is 2.00 bits per heavy atom. The predicted octanol–water partition coefficient (Wildman–Crippen LogP) is 5.70. The van der Waals surface area contributed by atoms with Crippen LogP contribution >= 0.6 is 0 Å². The molecule has 0 saturated carbocycles. The molecule has 0 atom stereocenters. The van der Waals surface area contributed by atoms with Crippen molar-refractivity contribution >= 4 is 28.8 Å². The first-order valence-corrected chi connectivity index (χ1v) is 13.3. The fourth-order valence-corrected chi connectivity index (χ4v) is 5.78. The molecule has 0 aliphatic carbocycles. The number of aliphatic imine (C=N–C) groups is 2. The van der Waals surface area contributed by atoms with E-state index in [9.17, 15) is 0 Å². The summed E-state index contributed by atoms with van der Waals surface area (Å²) in [6.07, 6.45) is 4.68. The van der Waals surface area contributed by atoms with Gasteiger partial charge in [0.1, 0.15) is 7.05 Å². The number of benzene rings is 2. The summed E-state index contributed by atoms with van der Waals surface area (Å²) in [5, 5.41) is 0. The van der Waals surface area contributed by atoms with Gasteiger partial charge in [0.15, 0.2) is 5.71 Å². The molecule has 0 amide bonds. The third-order valence-electron chi connectivity index (χ3n) is 7.95. The molecule has 38 heavy (non-hydrogen) atoms. The molecule has 2 heterocycles. The average molecular weight is 512 g/mol. The van der Waals surface area contributed by atoms with Crippen molar-refractivity contribution in [2.45, 2.75) is 72.4 Å². The van der Waals surface area contributed by atoms with Crippen LogP contribution in [-0.4, -0.2) is 36.1 Å². The number of hydrogen-bond donors (Lipinski definition) is 2. The lowest BCUT2D eigenvalue weighted by Crippen LogP contribution is -2.27. The Balaban J connectivity index is 1.67. The van der Waals surface area contributed by atoms with Gasteiger partial charge in [-0.1, -0.05) is 32.0 Å². The van der Waals surface area contributed by atoms with Gasteiger partial charge in [0.2, 0.25) is 5.69 Å². The molecule has 0 fully saturated rings. The van der Waals surface area contributed by atoms with Crippen LogP contribution in [0.3, 0.4) is 0 Å². The van der Waals surface area contributed by atoms with E-state index < -0.39 is 0 Å². The van der Waals surface area contributed by atoms with Crippen LogP contribution in [0.1, 0.15) is 70.7 Å². The molecule has 4 rings (SSSR count). The fraction of sp³-hybridized carbons (Fsp3) is 0.406. The van der Waals surface area contributed by atoms with Crippen LogP contribution in [0.4, 0.5) is 11.4 Å². The van der Waals surface area contributed by atoms with Crippen LogP contribution in [0.2, 0.25) is 0 Å². The molecule has 2 aromatic rings. The number of nitrogens with zero attached hydrogens (tertiary/aromatic N) is 4. The van der Waals surface area contributed by atoms with Gasteiger partial charge < -0.3 is 16.4 Å². The van der Waals surface area contributed by atoms with Crippen LogP contribution in [0.15, 0.2) is 69.8 Å². The first-order chi connectivity index (χ1) is 17.7. The summed E-state index contributed by atoms with van der Waals surface area (Å²) in [5.41, 5.74) is 22.6. The second-order valence-electron chi connectivity index (χ2n) is 11.8. The average Bonchev–Trinajstić information content (AvgIpc) is 3.15. The molecule has 0 bridgehead atoms. The number of amidine groups is 2. The molecule has 0 radical (unpaired) electrons. The normalized spacial score (nSPS) is 19.9. The topological polar surface area (TPSA) is 83.0 Å². The summed E-state index contributed by atoms with van der Waals surface area (Å²) in [6.45, 7) is 16.3. The fourth-order valence-electron chi connectivity index (χ4n) is 5.78. The molecule has 2 aliphatic rings. The lowest BCUT2D eigenvalue weighted by Gasteiger charge is -2.24. The Hall–Kier alpha value is -3.67. The van der Waals surface area contributed by atoms with E-state index in [2.05, 4.69) is 117 Å².